The summed E-state index contributed by atoms with van der Waals surface area (Å²) in [6.45, 7) is -1.67. The minimum Gasteiger partial charge on any atom is -0.468 e. The highest BCUT2D eigenvalue weighted by Gasteiger charge is 2.41. The van der Waals surface area contributed by atoms with Crippen molar-refractivity contribution in [2.75, 3.05) is 13.2 Å². The van der Waals surface area contributed by atoms with E-state index in [1.807, 2.05) is 0 Å². The van der Waals surface area contributed by atoms with E-state index >= 15 is 0 Å². The zero-order valence-electron chi connectivity index (χ0n) is 8.21. The van der Waals surface area contributed by atoms with E-state index in [2.05, 4.69) is 4.74 Å². The van der Waals surface area contributed by atoms with Gasteiger partial charge in [-0.05, 0) is 12.1 Å². The highest BCUT2D eigenvalue weighted by Crippen LogP contribution is 2.23. The molecule has 2 N–H and O–H groups in total. The van der Waals surface area contributed by atoms with Gasteiger partial charge in [-0.3, -0.25) is 0 Å². The molecule has 3 nitrogen and oxygen atoms in total. The molecule has 0 aliphatic rings. The molecule has 0 saturated carbocycles. The fraction of sp³-hybridized carbons (Fsp3) is 0.556. The predicted molar refractivity (Wildman–Crippen MR) is 47.4 cm³/mol. The number of rotatable bonds is 6. The number of nitrogens with two attached hydrogens (primary N) is 1. The fourth-order valence-corrected chi connectivity index (χ4v) is 0.969. The van der Waals surface area contributed by atoms with E-state index in [1.165, 1.54) is 6.26 Å². The second-order valence-corrected chi connectivity index (χ2v) is 3.20. The molecule has 0 bridgehead atoms. The molecule has 16 heavy (non-hydrogen) atoms. The van der Waals surface area contributed by atoms with Gasteiger partial charge in [0.05, 0.1) is 18.9 Å². The number of furan rings is 1. The minimum absolute atomic E-state index is 0.310. The Kier molecular flexibility index (Phi) is 4.31. The lowest BCUT2D eigenvalue weighted by Gasteiger charge is -2.16. The Balaban J connectivity index is 2.31. The van der Waals surface area contributed by atoms with Gasteiger partial charge < -0.3 is 14.9 Å². The molecule has 1 rings (SSSR count). The van der Waals surface area contributed by atoms with E-state index < -0.39 is 25.0 Å². The lowest BCUT2D eigenvalue weighted by molar-refractivity contribution is -0.166. The van der Waals surface area contributed by atoms with Crippen LogP contribution < -0.4 is 5.73 Å². The summed E-state index contributed by atoms with van der Waals surface area (Å²) in [5.41, 5.74) is 5.49. The topological polar surface area (TPSA) is 48.4 Å². The van der Waals surface area contributed by atoms with Crippen LogP contribution in [0.3, 0.4) is 0 Å². The predicted octanol–water partition coefficient (Wildman–Crippen LogP) is 2.20. The van der Waals surface area contributed by atoms with E-state index in [0.29, 0.717) is 5.76 Å². The van der Waals surface area contributed by atoms with Crippen molar-refractivity contribution in [1.29, 1.82) is 0 Å². The van der Waals surface area contributed by atoms with E-state index in [-0.39, 0.29) is 6.61 Å². The molecular formula is C9H11F4NO2. The van der Waals surface area contributed by atoms with Crippen LogP contribution in [0.15, 0.2) is 22.8 Å². The third-order valence-corrected chi connectivity index (χ3v) is 1.82. The van der Waals surface area contributed by atoms with Gasteiger partial charge in [-0.1, -0.05) is 0 Å². The van der Waals surface area contributed by atoms with E-state index in [1.54, 1.807) is 12.1 Å². The van der Waals surface area contributed by atoms with Crippen molar-refractivity contribution in [3.05, 3.63) is 24.2 Å². The van der Waals surface area contributed by atoms with Gasteiger partial charge in [0.1, 0.15) is 12.4 Å². The first kappa shape index (κ1) is 13.0. The number of halogens is 4. The van der Waals surface area contributed by atoms with Crippen molar-refractivity contribution < 1.29 is 26.7 Å². The molecule has 1 unspecified atom stereocenters. The van der Waals surface area contributed by atoms with Crippen molar-refractivity contribution in [3.8, 4) is 0 Å². The monoisotopic (exact) mass is 241 g/mol. The first-order valence-electron chi connectivity index (χ1n) is 4.46. The largest absolute Gasteiger partial charge is 0.468 e. The van der Waals surface area contributed by atoms with Crippen LogP contribution in [0, 0.1) is 0 Å². The smallest absolute Gasteiger partial charge is 0.330 e. The number of hydrogen-bond acceptors (Lipinski definition) is 3. The molecule has 7 heteroatoms. The maximum Gasteiger partial charge on any atom is 0.330 e. The van der Waals surface area contributed by atoms with Gasteiger partial charge in [0.2, 0.25) is 0 Å². The molecular weight excluding hydrogens is 230 g/mol. The van der Waals surface area contributed by atoms with Crippen LogP contribution >= 0.6 is 0 Å². The highest BCUT2D eigenvalue weighted by molar-refractivity contribution is 5.03. The average Bonchev–Trinajstić information content (AvgIpc) is 2.69. The standard InChI is InChI=1S/C9H11F4NO2/c10-8(11)9(12,13)5-15-4-6(14)7-2-1-3-16-7/h1-3,6,8H,4-5,14H2. The van der Waals surface area contributed by atoms with Crippen molar-refractivity contribution in [2.24, 2.45) is 5.73 Å². The normalized spacial score (nSPS) is 14.4. The summed E-state index contributed by atoms with van der Waals surface area (Å²) < 4.78 is 57.6. The Bertz CT molecular complexity index is 302. The van der Waals surface area contributed by atoms with Gasteiger partial charge >= 0.3 is 12.3 Å². The Labute approximate surface area is 89.2 Å². The minimum atomic E-state index is -4.15. The average molecular weight is 241 g/mol. The Morgan fingerprint density at radius 3 is 2.62 bits per heavy atom. The maximum absolute atomic E-state index is 12.4. The van der Waals surface area contributed by atoms with Gasteiger partial charge in [-0.25, -0.2) is 8.78 Å². The van der Waals surface area contributed by atoms with Crippen LogP contribution in [-0.2, 0) is 4.74 Å². The lowest BCUT2D eigenvalue weighted by atomic mass is 10.2. The molecule has 1 aromatic rings. The van der Waals surface area contributed by atoms with Crippen LogP contribution in [0.5, 0.6) is 0 Å². The highest BCUT2D eigenvalue weighted by atomic mass is 19.3. The molecule has 0 spiro atoms. The summed E-state index contributed by atoms with van der Waals surface area (Å²) in [5, 5.41) is 0. The Hall–Kier alpha value is -1.08. The number of hydrogen-bond donors (Lipinski definition) is 1. The molecule has 0 aromatic carbocycles. The molecule has 1 atom stereocenters. The molecule has 0 radical (unpaired) electrons. The molecule has 0 fully saturated rings. The van der Waals surface area contributed by atoms with Gasteiger partial charge in [0, 0.05) is 0 Å². The third-order valence-electron chi connectivity index (χ3n) is 1.82. The summed E-state index contributed by atoms with van der Waals surface area (Å²) in [7, 11) is 0. The van der Waals surface area contributed by atoms with Crippen molar-refractivity contribution in [2.45, 2.75) is 18.4 Å². The van der Waals surface area contributed by atoms with Gasteiger partial charge in [-0.15, -0.1) is 0 Å². The van der Waals surface area contributed by atoms with E-state index in [9.17, 15) is 17.6 Å². The van der Waals surface area contributed by atoms with Crippen LogP contribution in [-0.4, -0.2) is 25.6 Å². The number of ether oxygens (including phenoxy) is 1. The molecule has 0 saturated heterocycles. The lowest BCUT2D eigenvalue weighted by Crippen LogP contribution is -2.33. The Morgan fingerprint density at radius 2 is 2.12 bits per heavy atom. The van der Waals surface area contributed by atoms with Crippen molar-refractivity contribution in [3.63, 3.8) is 0 Å². The molecule has 0 aliphatic heterocycles. The van der Waals surface area contributed by atoms with Crippen LogP contribution in [0.4, 0.5) is 17.6 Å². The third kappa shape index (κ3) is 3.49. The molecule has 0 amide bonds. The zero-order chi connectivity index (χ0) is 12.2. The first-order chi connectivity index (χ1) is 7.43. The molecule has 0 aliphatic carbocycles. The summed E-state index contributed by atoms with van der Waals surface area (Å²) >= 11 is 0. The van der Waals surface area contributed by atoms with Crippen LogP contribution in [0.2, 0.25) is 0 Å². The Morgan fingerprint density at radius 1 is 1.44 bits per heavy atom. The van der Waals surface area contributed by atoms with Crippen molar-refractivity contribution >= 4 is 0 Å². The van der Waals surface area contributed by atoms with E-state index in [4.69, 9.17) is 10.2 Å². The first-order valence-corrected chi connectivity index (χ1v) is 4.46. The van der Waals surface area contributed by atoms with Crippen molar-refractivity contribution in [1.82, 2.24) is 0 Å². The van der Waals surface area contributed by atoms with Crippen LogP contribution in [0.1, 0.15) is 11.8 Å². The summed E-state index contributed by atoms with van der Waals surface area (Å²) in [5.74, 6) is -3.80. The fourth-order valence-electron chi connectivity index (χ4n) is 0.969. The maximum atomic E-state index is 12.4. The summed E-state index contributed by atoms with van der Waals surface area (Å²) in [6.07, 6.45) is -2.38. The SMILES string of the molecule is NC(COCC(F)(F)C(F)F)c1ccco1. The number of alkyl halides is 4. The van der Waals surface area contributed by atoms with Gasteiger partial charge in [0.25, 0.3) is 0 Å². The quantitative estimate of drug-likeness (QED) is 0.776. The molecule has 1 aromatic heterocycles. The molecule has 1 heterocycles. The van der Waals surface area contributed by atoms with Gasteiger partial charge in [0.15, 0.2) is 0 Å². The van der Waals surface area contributed by atoms with Crippen LogP contribution in [0.25, 0.3) is 0 Å². The second kappa shape index (κ2) is 5.31. The summed E-state index contributed by atoms with van der Waals surface area (Å²) in [4.78, 5) is 0. The second-order valence-electron chi connectivity index (χ2n) is 3.20. The summed E-state index contributed by atoms with van der Waals surface area (Å²) in [6, 6.07) is 2.37. The van der Waals surface area contributed by atoms with Gasteiger partial charge in [-0.2, -0.15) is 8.78 Å². The van der Waals surface area contributed by atoms with E-state index in [0.717, 1.165) is 0 Å². The molecule has 92 valence electrons. The zero-order valence-corrected chi connectivity index (χ0v) is 8.21.